The Hall–Kier alpha value is -1.80. The maximum absolute atomic E-state index is 10.0. The van der Waals surface area contributed by atoms with Crippen LogP contribution in [-0.4, -0.2) is 5.11 Å². The van der Waals surface area contributed by atoms with Crippen molar-refractivity contribution in [3.8, 4) is 16.9 Å². The number of hydrogen-bond donors (Lipinski definition) is 1. The number of halogens is 1. The molecule has 0 aliphatic heterocycles. The molecule has 0 aliphatic rings. The number of phenolic OH excluding ortho intramolecular Hbond substituents is 1. The van der Waals surface area contributed by atoms with Crippen molar-refractivity contribution in [2.24, 2.45) is 0 Å². The molecule has 0 saturated heterocycles. The van der Waals surface area contributed by atoms with Gasteiger partial charge in [0.15, 0.2) is 0 Å². The summed E-state index contributed by atoms with van der Waals surface area (Å²) in [6.07, 6.45) is 0. The van der Waals surface area contributed by atoms with Gasteiger partial charge in [-0.2, -0.15) is 0 Å². The van der Waals surface area contributed by atoms with E-state index >= 15 is 0 Å². The normalized spacial score (nSPS) is 10.7. The van der Waals surface area contributed by atoms with Crippen LogP contribution in [0.25, 0.3) is 21.9 Å². The van der Waals surface area contributed by atoms with E-state index in [4.69, 9.17) is 0 Å². The van der Waals surface area contributed by atoms with E-state index in [1.54, 1.807) is 6.07 Å². The molecule has 0 heterocycles. The third-order valence-electron chi connectivity index (χ3n) is 3.05. The molecule has 0 spiro atoms. The zero-order valence-electron chi connectivity index (χ0n) is 9.60. The van der Waals surface area contributed by atoms with Crippen molar-refractivity contribution in [3.05, 3.63) is 65.1 Å². The lowest BCUT2D eigenvalue weighted by Crippen LogP contribution is -1.84. The minimum absolute atomic E-state index is 0.301. The van der Waals surface area contributed by atoms with Crippen molar-refractivity contribution in [2.45, 2.75) is 0 Å². The molecule has 0 radical (unpaired) electrons. The molecule has 3 aromatic rings. The van der Waals surface area contributed by atoms with Crippen LogP contribution in [0.2, 0.25) is 0 Å². The lowest BCUT2D eigenvalue weighted by Gasteiger charge is -2.11. The summed E-state index contributed by atoms with van der Waals surface area (Å²) in [7, 11) is 0. The van der Waals surface area contributed by atoms with Crippen LogP contribution in [0.15, 0.2) is 65.1 Å². The molecule has 0 bridgehead atoms. The number of fused-ring (bicyclic) bond motifs is 1. The Bertz CT molecular complexity index is 719. The second kappa shape index (κ2) is 4.46. The fourth-order valence-corrected chi connectivity index (χ4v) is 2.76. The Balaban J connectivity index is 2.42. The first-order valence-corrected chi connectivity index (χ1v) is 6.52. The molecule has 0 atom stereocenters. The van der Waals surface area contributed by atoms with Crippen molar-refractivity contribution in [2.75, 3.05) is 0 Å². The molecule has 1 N–H and O–H groups in total. The summed E-state index contributed by atoms with van der Waals surface area (Å²) in [6.45, 7) is 0. The van der Waals surface area contributed by atoms with Gasteiger partial charge in [-0.25, -0.2) is 0 Å². The summed E-state index contributed by atoms with van der Waals surface area (Å²) in [5.74, 6) is 0.301. The van der Waals surface area contributed by atoms with Gasteiger partial charge in [0.2, 0.25) is 0 Å². The first-order chi connectivity index (χ1) is 8.77. The predicted octanol–water partition coefficient (Wildman–Crippen LogP) is 4.97. The number of aromatic hydroxyl groups is 1. The van der Waals surface area contributed by atoms with Crippen LogP contribution < -0.4 is 0 Å². The summed E-state index contributed by atoms with van der Waals surface area (Å²) in [5.41, 5.74) is 1.88. The molecular weight excluding hydrogens is 288 g/mol. The summed E-state index contributed by atoms with van der Waals surface area (Å²) in [4.78, 5) is 0. The Labute approximate surface area is 114 Å². The molecule has 1 nitrogen and oxygen atoms in total. The Morgan fingerprint density at radius 1 is 0.778 bits per heavy atom. The van der Waals surface area contributed by atoms with Crippen LogP contribution in [-0.2, 0) is 0 Å². The minimum Gasteiger partial charge on any atom is -0.507 e. The van der Waals surface area contributed by atoms with Gasteiger partial charge in [-0.3, -0.25) is 0 Å². The summed E-state index contributed by atoms with van der Waals surface area (Å²) in [6, 6.07) is 19.7. The highest BCUT2D eigenvalue weighted by Crippen LogP contribution is 2.39. The van der Waals surface area contributed by atoms with Gasteiger partial charge in [-0.15, -0.1) is 0 Å². The van der Waals surface area contributed by atoms with E-state index in [0.717, 1.165) is 21.0 Å². The van der Waals surface area contributed by atoms with Crippen molar-refractivity contribution >= 4 is 26.7 Å². The molecule has 0 aliphatic carbocycles. The second-order valence-corrected chi connectivity index (χ2v) is 5.02. The van der Waals surface area contributed by atoms with Crippen LogP contribution >= 0.6 is 15.9 Å². The van der Waals surface area contributed by atoms with Crippen molar-refractivity contribution < 1.29 is 5.11 Å². The zero-order valence-corrected chi connectivity index (χ0v) is 11.2. The molecule has 3 aromatic carbocycles. The SMILES string of the molecule is Oc1ccccc1-c1c(Br)ccc2ccccc12. The molecule has 2 heteroatoms. The smallest absolute Gasteiger partial charge is 0.123 e. The van der Waals surface area contributed by atoms with Crippen molar-refractivity contribution in [1.29, 1.82) is 0 Å². The van der Waals surface area contributed by atoms with E-state index in [2.05, 4.69) is 34.1 Å². The van der Waals surface area contributed by atoms with Crippen LogP contribution in [0.3, 0.4) is 0 Å². The van der Waals surface area contributed by atoms with E-state index in [0.29, 0.717) is 5.75 Å². The summed E-state index contributed by atoms with van der Waals surface area (Å²) < 4.78 is 0.989. The fraction of sp³-hybridized carbons (Fsp3) is 0. The minimum atomic E-state index is 0.301. The fourth-order valence-electron chi connectivity index (χ4n) is 2.20. The molecule has 0 aromatic heterocycles. The topological polar surface area (TPSA) is 20.2 Å². The highest BCUT2D eigenvalue weighted by Gasteiger charge is 2.11. The van der Waals surface area contributed by atoms with E-state index in [1.807, 2.05) is 36.4 Å². The van der Waals surface area contributed by atoms with Gasteiger partial charge in [0.25, 0.3) is 0 Å². The Kier molecular flexibility index (Phi) is 2.80. The van der Waals surface area contributed by atoms with Gasteiger partial charge in [-0.05, 0) is 22.9 Å². The third kappa shape index (κ3) is 1.79. The average molecular weight is 299 g/mol. The molecule has 0 fully saturated rings. The number of rotatable bonds is 1. The number of benzene rings is 3. The van der Waals surface area contributed by atoms with Crippen LogP contribution in [0.5, 0.6) is 5.75 Å². The van der Waals surface area contributed by atoms with Gasteiger partial charge in [-0.1, -0.05) is 64.5 Å². The third-order valence-corrected chi connectivity index (χ3v) is 3.71. The highest BCUT2D eigenvalue weighted by molar-refractivity contribution is 9.10. The second-order valence-electron chi connectivity index (χ2n) is 4.16. The zero-order chi connectivity index (χ0) is 12.5. The van der Waals surface area contributed by atoms with Gasteiger partial charge in [0.1, 0.15) is 5.75 Å². The molecule has 0 saturated carbocycles. The summed E-state index contributed by atoms with van der Waals surface area (Å²) >= 11 is 3.58. The van der Waals surface area contributed by atoms with E-state index in [1.165, 1.54) is 5.39 Å². The van der Waals surface area contributed by atoms with Crippen LogP contribution in [0.1, 0.15) is 0 Å². The van der Waals surface area contributed by atoms with Crippen molar-refractivity contribution in [3.63, 3.8) is 0 Å². The monoisotopic (exact) mass is 298 g/mol. The highest BCUT2D eigenvalue weighted by atomic mass is 79.9. The van der Waals surface area contributed by atoms with E-state index < -0.39 is 0 Å². The molecular formula is C16H11BrO. The Morgan fingerprint density at radius 2 is 1.50 bits per heavy atom. The largest absolute Gasteiger partial charge is 0.507 e. The van der Waals surface area contributed by atoms with Crippen LogP contribution in [0, 0.1) is 0 Å². The molecule has 18 heavy (non-hydrogen) atoms. The number of phenols is 1. The van der Waals surface area contributed by atoms with Crippen LogP contribution in [0.4, 0.5) is 0 Å². The van der Waals surface area contributed by atoms with Crippen molar-refractivity contribution in [1.82, 2.24) is 0 Å². The quantitative estimate of drug-likeness (QED) is 0.672. The number of hydrogen-bond acceptors (Lipinski definition) is 1. The van der Waals surface area contributed by atoms with E-state index in [9.17, 15) is 5.11 Å². The molecule has 0 amide bonds. The molecule has 0 unspecified atom stereocenters. The number of para-hydroxylation sites is 1. The van der Waals surface area contributed by atoms with Gasteiger partial charge >= 0.3 is 0 Å². The van der Waals surface area contributed by atoms with Gasteiger partial charge < -0.3 is 5.11 Å². The maximum atomic E-state index is 10.0. The first kappa shape index (κ1) is 11.3. The lowest BCUT2D eigenvalue weighted by atomic mass is 9.98. The maximum Gasteiger partial charge on any atom is 0.123 e. The van der Waals surface area contributed by atoms with Gasteiger partial charge in [0.05, 0.1) is 0 Å². The average Bonchev–Trinajstić information content (AvgIpc) is 2.40. The molecule has 3 rings (SSSR count). The predicted molar refractivity (Wildman–Crippen MR) is 78.7 cm³/mol. The standard InChI is InChI=1S/C16H11BrO/c17-14-10-9-11-5-1-2-6-12(11)16(14)13-7-3-4-8-15(13)18/h1-10,18H. The first-order valence-electron chi connectivity index (χ1n) is 5.73. The Morgan fingerprint density at radius 3 is 2.33 bits per heavy atom. The lowest BCUT2D eigenvalue weighted by molar-refractivity contribution is 0.477. The van der Waals surface area contributed by atoms with Gasteiger partial charge in [0, 0.05) is 15.6 Å². The van der Waals surface area contributed by atoms with E-state index in [-0.39, 0.29) is 0 Å². The molecule has 88 valence electrons. The summed E-state index contributed by atoms with van der Waals surface area (Å²) in [5, 5.41) is 12.3.